The predicted molar refractivity (Wildman–Crippen MR) is 84.1 cm³/mol. The molecular weight excluding hydrogens is 256 g/mol. The molecule has 0 aliphatic carbocycles. The average molecular weight is 282 g/mol. The van der Waals surface area contributed by atoms with E-state index in [0.717, 1.165) is 25.3 Å². The van der Waals surface area contributed by atoms with Crippen LogP contribution >= 0.6 is 11.8 Å². The maximum absolute atomic E-state index is 4.63. The van der Waals surface area contributed by atoms with Crippen LogP contribution in [0.25, 0.3) is 0 Å². The number of anilines is 1. The van der Waals surface area contributed by atoms with Gasteiger partial charge in [0.1, 0.15) is 5.82 Å². The van der Waals surface area contributed by atoms with Crippen molar-refractivity contribution >= 4 is 17.6 Å². The molecule has 1 aliphatic rings. The van der Waals surface area contributed by atoms with Gasteiger partial charge >= 0.3 is 0 Å². The van der Waals surface area contributed by atoms with Crippen molar-refractivity contribution in [3.05, 3.63) is 11.3 Å². The van der Waals surface area contributed by atoms with E-state index in [1.54, 1.807) is 0 Å². The fraction of sp³-hybridized carbons (Fsp3) is 0.786. The van der Waals surface area contributed by atoms with Gasteiger partial charge in [-0.1, -0.05) is 6.92 Å². The molecule has 0 aromatic carbocycles. The molecule has 0 spiro atoms. The molecule has 0 amide bonds. The van der Waals surface area contributed by atoms with Crippen LogP contribution in [0.2, 0.25) is 0 Å². The van der Waals surface area contributed by atoms with E-state index in [0.29, 0.717) is 6.04 Å². The second-order valence-electron chi connectivity index (χ2n) is 5.31. The lowest BCUT2D eigenvalue weighted by atomic mass is 10.2. The van der Waals surface area contributed by atoms with E-state index >= 15 is 0 Å². The van der Waals surface area contributed by atoms with Crippen LogP contribution in [0.1, 0.15) is 31.5 Å². The lowest BCUT2D eigenvalue weighted by Gasteiger charge is -2.35. The van der Waals surface area contributed by atoms with Crippen LogP contribution in [0, 0.1) is 6.92 Å². The topological polar surface area (TPSA) is 33.1 Å². The molecule has 0 radical (unpaired) electrons. The first kappa shape index (κ1) is 14.7. The number of thioether (sulfide) groups is 1. The highest BCUT2D eigenvalue weighted by Crippen LogP contribution is 2.28. The smallest absolute Gasteiger partial charge is 0.131 e. The number of hydrogen-bond acceptors (Lipinski definition) is 4. The van der Waals surface area contributed by atoms with Crippen molar-refractivity contribution in [2.24, 2.45) is 7.05 Å². The van der Waals surface area contributed by atoms with Gasteiger partial charge in [-0.2, -0.15) is 16.9 Å². The largest absolute Gasteiger partial charge is 0.352 e. The summed E-state index contributed by atoms with van der Waals surface area (Å²) in [7, 11) is 2.07. The van der Waals surface area contributed by atoms with Gasteiger partial charge in [0.05, 0.1) is 5.69 Å². The minimum atomic E-state index is 0.596. The Bertz CT molecular complexity index is 416. The van der Waals surface area contributed by atoms with Crippen LogP contribution in [0.15, 0.2) is 0 Å². The van der Waals surface area contributed by atoms with Crippen LogP contribution in [0.5, 0.6) is 0 Å². The highest BCUT2D eigenvalue weighted by Gasteiger charge is 2.25. The quantitative estimate of drug-likeness (QED) is 0.839. The van der Waals surface area contributed by atoms with E-state index < -0.39 is 0 Å². The minimum Gasteiger partial charge on any atom is -0.352 e. The van der Waals surface area contributed by atoms with Crippen molar-refractivity contribution < 1.29 is 0 Å². The molecule has 1 unspecified atom stereocenters. The summed E-state index contributed by atoms with van der Waals surface area (Å²) in [5, 5.41) is 8.14. The van der Waals surface area contributed by atoms with Gasteiger partial charge < -0.3 is 10.2 Å². The van der Waals surface area contributed by atoms with Gasteiger partial charge in [-0.05, 0) is 26.8 Å². The van der Waals surface area contributed by atoms with Crippen molar-refractivity contribution in [3.63, 3.8) is 0 Å². The Balaban J connectivity index is 2.22. The number of rotatable bonds is 5. The molecule has 5 heteroatoms. The molecule has 1 aliphatic heterocycles. The van der Waals surface area contributed by atoms with Crippen molar-refractivity contribution in [3.8, 4) is 0 Å². The number of aromatic nitrogens is 2. The van der Waals surface area contributed by atoms with E-state index in [1.165, 1.54) is 29.3 Å². The third-order valence-electron chi connectivity index (χ3n) is 3.68. The Morgan fingerprint density at radius 3 is 2.95 bits per heavy atom. The first-order valence-electron chi connectivity index (χ1n) is 7.22. The molecule has 4 nitrogen and oxygen atoms in total. The Labute approximate surface area is 120 Å². The van der Waals surface area contributed by atoms with Crippen LogP contribution in [0.4, 0.5) is 5.82 Å². The highest BCUT2D eigenvalue weighted by molar-refractivity contribution is 7.99. The SMILES string of the molecule is CCCNCc1c(C)nn(C)c1N1CCSCC1C. The molecule has 2 heterocycles. The Hall–Kier alpha value is -0.680. The van der Waals surface area contributed by atoms with E-state index in [4.69, 9.17) is 0 Å². The molecule has 1 N–H and O–H groups in total. The van der Waals surface area contributed by atoms with Gasteiger partial charge in [0.2, 0.25) is 0 Å². The number of nitrogens with zero attached hydrogens (tertiary/aromatic N) is 3. The standard InChI is InChI=1S/C14H26N4S/c1-5-6-15-9-13-12(3)16-17(4)14(13)18-7-8-19-10-11(18)2/h11,15H,5-10H2,1-4H3. The molecular formula is C14H26N4S. The lowest BCUT2D eigenvalue weighted by Crippen LogP contribution is -2.42. The highest BCUT2D eigenvalue weighted by atomic mass is 32.2. The maximum Gasteiger partial charge on any atom is 0.131 e. The first-order chi connectivity index (χ1) is 9.15. The van der Waals surface area contributed by atoms with E-state index in [9.17, 15) is 0 Å². The summed E-state index contributed by atoms with van der Waals surface area (Å²) in [6.07, 6.45) is 1.17. The molecule has 1 atom stereocenters. The van der Waals surface area contributed by atoms with Gasteiger partial charge in [-0.15, -0.1) is 0 Å². The van der Waals surface area contributed by atoms with Gasteiger partial charge in [-0.25, -0.2) is 0 Å². The lowest BCUT2D eigenvalue weighted by molar-refractivity contribution is 0.635. The fourth-order valence-corrected chi connectivity index (χ4v) is 3.70. The predicted octanol–water partition coefficient (Wildman–Crippen LogP) is 2.17. The zero-order valence-corrected chi connectivity index (χ0v) is 13.4. The Morgan fingerprint density at radius 1 is 1.47 bits per heavy atom. The normalized spacial score (nSPS) is 20.0. The third-order valence-corrected chi connectivity index (χ3v) is 4.87. The third kappa shape index (κ3) is 3.26. The average Bonchev–Trinajstić information content (AvgIpc) is 2.66. The van der Waals surface area contributed by atoms with E-state index in [2.05, 4.69) is 59.6 Å². The van der Waals surface area contributed by atoms with Crippen LogP contribution in [-0.2, 0) is 13.6 Å². The van der Waals surface area contributed by atoms with E-state index in [1.807, 2.05) is 0 Å². The molecule has 1 aromatic rings. The zero-order valence-electron chi connectivity index (χ0n) is 12.6. The van der Waals surface area contributed by atoms with Crippen LogP contribution < -0.4 is 10.2 Å². The summed E-state index contributed by atoms with van der Waals surface area (Å²) in [4.78, 5) is 2.53. The molecule has 1 fully saturated rings. The summed E-state index contributed by atoms with van der Waals surface area (Å²) in [5.74, 6) is 3.75. The van der Waals surface area contributed by atoms with Crippen LogP contribution in [0.3, 0.4) is 0 Å². The zero-order chi connectivity index (χ0) is 13.8. The molecule has 19 heavy (non-hydrogen) atoms. The molecule has 2 rings (SSSR count). The number of nitrogens with one attached hydrogen (secondary N) is 1. The van der Waals surface area contributed by atoms with Crippen molar-refractivity contribution in [1.29, 1.82) is 0 Å². The minimum absolute atomic E-state index is 0.596. The fourth-order valence-electron chi connectivity index (χ4n) is 2.69. The second kappa shape index (κ2) is 6.66. The summed E-state index contributed by atoms with van der Waals surface area (Å²) in [6.45, 7) is 9.77. The summed E-state index contributed by atoms with van der Waals surface area (Å²) >= 11 is 2.05. The van der Waals surface area contributed by atoms with Crippen molar-refractivity contribution in [2.45, 2.75) is 39.8 Å². The second-order valence-corrected chi connectivity index (χ2v) is 6.46. The first-order valence-corrected chi connectivity index (χ1v) is 8.38. The van der Waals surface area contributed by atoms with Crippen molar-refractivity contribution in [1.82, 2.24) is 15.1 Å². The molecule has 1 aromatic heterocycles. The van der Waals surface area contributed by atoms with E-state index in [-0.39, 0.29) is 0 Å². The molecule has 1 saturated heterocycles. The molecule has 0 bridgehead atoms. The van der Waals surface area contributed by atoms with Gasteiger partial charge in [0.25, 0.3) is 0 Å². The Kier molecular flexibility index (Phi) is 5.16. The van der Waals surface area contributed by atoms with Gasteiger partial charge in [0.15, 0.2) is 0 Å². The Morgan fingerprint density at radius 2 is 2.26 bits per heavy atom. The summed E-state index contributed by atoms with van der Waals surface area (Å²) in [6, 6.07) is 0.596. The number of hydrogen-bond donors (Lipinski definition) is 1. The molecule has 0 saturated carbocycles. The van der Waals surface area contributed by atoms with Crippen molar-refractivity contribution in [2.75, 3.05) is 29.5 Å². The van der Waals surface area contributed by atoms with Crippen LogP contribution in [-0.4, -0.2) is 40.4 Å². The monoisotopic (exact) mass is 282 g/mol. The molecule has 108 valence electrons. The number of aryl methyl sites for hydroxylation is 2. The van der Waals surface area contributed by atoms with Gasteiger partial charge in [-0.3, -0.25) is 4.68 Å². The van der Waals surface area contributed by atoms with Gasteiger partial charge in [0, 0.05) is 43.2 Å². The maximum atomic E-state index is 4.63. The summed E-state index contributed by atoms with van der Waals surface area (Å²) in [5.41, 5.74) is 2.53. The summed E-state index contributed by atoms with van der Waals surface area (Å²) < 4.78 is 2.06.